The first-order chi connectivity index (χ1) is 7.31. The second-order valence-corrected chi connectivity index (χ2v) is 4.36. The van der Waals surface area contributed by atoms with Crippen molar-refractivity contribution < 1.29 is 5.11 Å². The predicted molar refractivity (Wildman–Crippen MR) is 61.7 cm³/mol. The Morgan fingerprint density at radius 1 is 1.40 bits per heavy atom. The average molecular weight is 205 g/mol. The van der Waals surface area contributed by atoms with Crippen LogP contribution >= 0.6 is 0 Å². The highest BCUT2D eigenvalue weighted by Crippen LogP contribution is 2.34. The van der Waals surface area contributed by atoms with Gasteiger partial charge in [-0.15, -0.1) is 0 Å². The number of para-hydroxylation sites is 1. The van der Waals surface area contributed by atoms with Gasteiger partial charge >= 0.3 is 0 Å². The standard InChI is InChI=1S/C13H19NO/c1-2-12(10-7-8-10)14-9-11-5-3-4-6-13(11)15/h3-6,10,12,14-15H,2,7-9H2,1H3. The van der Waals surface area contributed by atoms with Gasteiger partial charge in [0.2, 0.25) is 0 Å². The maximum absolute atomic E-state index is 9.61. The fourth-order valence-electron chi connectivity index (χ4n) is 2.04. The van der Waals surface area contributed by atoms with Crippen LogP contribution in [0.4, 0.5) is 0 Å². The molecule has 82 valence electrons. The van der Waals surface area contributed by atoms with Crippen LogP contribution < -0.4 is 5.32 Å². The van der Waals surface area contributed by atoms with E-state index in [1.54, 1.807) is 6.07 Å². The summed E-state index contributed by atoms with van der Waals surface area (Å²) in [5.74, 6) is 1.27. The van der Waals surface area contributed by atoms with Crippen molar-refractivity contribution in [3.05, 3.63) is 29.8 Å². The van der Waals surface area contributed by atoms with Crippen LogP contribution in [-0.4, -0.2) is 11.1 Å². The van der Waals surface area contributed by atoms with E-state index >= 15 is 0 Å². The van der Waals surface area contributed by atoms with Crippen LogP contribution in [0.5, 0.6) is 5.75 Å². The molecule has 0 radical (unpaired) electrons. The van der Waals surface area contributed by atoms with Gasteiger partial charge < -0.3 is 10.4 Å². The number of phenolic OH excluding ortho intramolecular Hbond substituents is 1. The number of aromatic hydroxyl groups is 1. The molecule has 15 heavy (non-hydrogen) atoms. The summed E-state index contributed by atoms with van der Waals surface area (Å²) in [6, 6.07) is 8.17. The van der Waals surface area contributed by atoms with Crippen LogP contribution in [0.3, 0.4) is 0 Å². The molecule has 2 rings (SSSR count). The van der Waals surface area contributed by atoms with Gasteiger partial charge in [-0.25, -0.2) is 0 Å². The van der Waals surface area contributed by atoms with Gasteiger partial charge in [0, 0.05) is 18.2 Å². The summed E-state index contributed by atoms with van der Waals surface area (Å²) in [5.41, 5.74) is 0.997. The highest BCUT2D eigenvalue weighted by molar-refractivity contribution is 5.31. The fourth-order valence-corrected chi connectivity index (χ4v) is 2.04. The summed E-state index contributed by atoms with van der Waals surface area (Å²) in [6.07, 6.45) is 3.91. The van der Waals surface area contributed by atoms with Crippen molar-refractivity contribution in [1.29, 1.82) is 0 Å². The van der Waals surface area contributed by atoms with E-state index in [9.17, 15) is 5.11 Å². The van der Waals surface area contributed by atoms with Crippen molar-refractivity contribution in [2.24, 2.45) is 5.92 Å². The summed E-state index contributed by atoms with van der Waals surface area (Å²) in [5, 5.41) is 13.1. The molecular formula is C13H19NO. The number of hydrogen-bond acceptors (Lipinski definition) is 2. The lowest BCUT2D eigenvalue weighted by Gasteiger charge is -2.16. The lowest BCUT2D eigenvalue weighted by Crippen LogP contribution is -2.29. The molecule has 0 heterocycles. The number of phenols is 1. The zero-order chi connectivity index (χ0) is 10.7. The van der Waals surface area contributed by atoms with Gasteiger partial charge in [-0.2, -0.15) is 0 Å². The Kier molecular flexibility index (Phi) is 3.27. The monoisotopic (exact) mass is 205 g/mol. The molecule has 1 fully saturated rings. The molecule has 1 aliphatic carbocycles. The third-order valence-electron chi connectivity index (χ3n) is 3.18. The predicted octanol–water partition coefficient (Wildman–Crippen LogP) is 2.67. The first-order valence-corrected chi connectivity index (χ1v) is 5.81. The molecule has 1 aromatic carbocycles. The van der Waals surface area contributed by atoms with Crippen molar-refractivity contribution in [1.82, 2.24) is 5.32 Å². The first-order valence-electron chi connectivity index (χ1n) is 5.81. The molecular weight excluding hydrogens is 186 g/mol. The van der Waals surface area contributed by atoms with E-state index in [0.717, 1.165) is 18.0 Å². The third kappa shape index (κ3) is 2.72. The molecule has 0 saturated heterocycles. The van der Waals surface area contributed by atoms with Gasteiger partial charge in [-0.3, -0.25) is 0 Å². The Bertz CT molecular complexity index is 320. The maximum atomic E-state index is 9.61. The Labute approximate surface area is 91.3 Å². The van der Waals surface area contributed by atoms with E-state index in [4.69, 9.17) is 0 Å². The molecule has 2 heteroatoms. The summed E-state index contributed by atoms with van der Waals surface area (Å²) >= 11 is 0. The summed E-state index contributed by atoms with van der Waals surface area (Å²) in [7, 11) is 0. The van der Waals surface area contributed by atoms with E-state index in [1.807, 2.05) is 18.2 Å². The van der Waals surface area contributed by atoms with E-state index in [0.29, 0.717) is 11.8 Å². The highest BCUT2D eigenvalue weighted by Gasteiger charge is 2.29. The van der Waals surface area contributed by atoms with Crippen molar-refractivity contribution in [3.63, 3.8) is 0 Å². The highest BCUT2D eigenvalue weighted by atomic mass is 16.3. The third-order valence-corrected chi connectivity index (χ3v) is 3.18. The number of hydrogen-bond donors (Lipinski definition) is 2. The number of nitrogens with one attached hydrogen (secondary N) is 1. The summed E-state index contributed by atoms with van der Waals surface area (Å²) < 4.78 is 0. The molecule has 1 atom stereocenters. The zero-order valence-corrected chi connectivity index (χ0v) is 9.24. The van der Waals surface area contributed by atoms with Gasteiger partial charge in [0.1, 0.15) is 5.75 Å². The van der Waals surface area contributed by atoms with E-state index in [1.165, 1.54) is 19.3 Å². The smallest absolute Gasteiger partial charge is 0.120 e. The van der Waals surface area contributed by atoms with Gasteiger partial charge in [-0.1, -0.05) is 25.1 Å². The Morgan fingerprint density at radius 3 is 2.73 bits per heavy atom. The van der Waals surface area contributed by atoms with Crippen molar-refractivity contribution in [2.45, 2.75) is 38.8 Å². The van der Waals surface area contributed by atoms with Crippen LogP contribution in [-0.2, 0) is 6.54 Å². The molecule has 0 amide bonds. The molecule has 2 nitrogen and oxygen atoms in total. The van der Waals surface area contributed by atoms with E-state index in [2.05, 4.69) is 12.2 Å². The Hall–Kier alpha value is -1.02. The molecule has 1 aromatic rings. The Morgan fingerprint density at radius 2 is 2.13 bits per heavy atom. The molecule has 0 aliphatic heterocycles. The van der Waals surface area contributed by atoms with E-state index in [-0.39, 0.29) is 0 Å². The SMILES string of the molecule is CCC(NCc1ccccc1O)C1CC1. The number of benzene rings is 1. The lowest BCUT2D eigenvalue weighted by molar-refractivity contribution is 0.431. The van der Waals surface area contributed by atoms with Gasteiger partial charge in [0.25, 0.3) is 0 Å². The van der Waals surface area contributed by atoms with Crippen LogP contribution in [0.15, 0.2) is 24.3 Å². The van der Waals surface area contributed by atoms with Crippen LogP contribution in [0, 0.1) is 5.92 Å². The van der Waals surface area contributed by atoms with Crippen LogP contribution in [0.1, 0.15) is 31.7 Å². The first kappa shape index (κ1) is 10.5. The molecule has 2 N–H and O–H groups in total. The summed E-state index contributed by atoms with van der Waals surface area (Å²) in [4.78, 5) is 0. The van der Waals surface area contributed by atoms with Crippen LogP contribution in [0.2, 0.25) is 0 Å². The fraction of sp³-hybridized carbons (Fsp3) is 0.538. The van der Waals surface area contributed by atoms with E-state index < -0.39 is 0 Å². The quantitative estimate of drug-likeness (QED) is 0.774. The second-order valence-electron chi connectivity index (χ2n) is 4.36. The normalized spacial score (nSPS) is 17.7. The minimum absolute atomic E-state index is 0.399. The van der Waals surface area contributed by atoms with Crippen molar-refractivity contribution in [3.8, 4) is 5.75 Å². The largest absolute Gasteiger partial charge is 0.508 e. The van der Waals surface area contributed by atoms with Gasteiger partial charge in [-0.05, 0) is 31.2 Å². The average Bonchev–Trinajstić information content (AvgIpc) is 3.06. The molecule has 1 unspecified atom stereocenters. The Balaban J connectivity index is 1.89. The van der Waals surface area contributed by atoms with Crippen molar-refractivity contribution in [2.75, 3.05) is 0 Å². The van der Waals surface area contributed by atoms with Gasteiger partial charge in [0.05, 0.1) is 0 Å². The second kappa shape index (κ2) is 4.67. The number of rotatable bonds is 5. The topological polar surface area (TPSA) is 32.3 Å². The minimum atomic E-state index is 0.399. The molecule has 0 bridgehead atoms. The van der Waals surface area contributed by atoms with Gasteiger partial charge in [0.15, 0.2) is 0 Å². The molecule has 0 spiro atoms. The lowest BCUT2D eigenvalue weighted by atomic mass is 10.1. The molecule has 0 aromatic heterocycles. The van der Waals surface area contributed by atoms with Crippen molar-refractivity contribution >= 4 is 0 Å². The molecule has 1 saturated carbocycles. The van der Waals surface area contributed by atoms with Crippen LogP contribution in [0.25, 0.3) is 0 Å². The summed E-state index contributed by atoms with van der Waals surface area (Å²) in [6.45, 7) is 3.00. The minimum Gasteiger partial charge on any atom is -0.508 e. The molecule has 1 aliphatic rings. The maximum Gasteiger partial charge on any atom is 0.120 e. The zero-order valence-electron chi connectivity index (χ0n) is 9.24.